The first-order valence-electron chi connectivity index (χ1n) is 19.6. The molecule has 0 bridgehead atoms. The van der Waals surface area contributed by atoms with Crippen molar-refractivity contribution in [1.82, 2.24) is 65.6 Å². The second-order valence-corrected chi connectivity index (χ2v) is 13.9. The van der Waals surface area contributed by atoms with E-state index in [1.807, 2.05) is 0 Å². The van der Waals surface area contributed by atoms with Crippen LogP contribution in [0.4, 0.5) is 17.3 Å². The van der Waals surface area contributed by atoms with Gasteiger partial charge in [-0.15, -0.1) is 0 Å². The molecule has 13 N–H and O–H groups in total. The van der Waals surface area contributed by atoms with Crippen LogP contribution in [0, 0.1) is 0 Å². The Morgan fingerprint density at radius 1 is 0.651 bits per heavy atom. The molecule has 5 aromatic heterocycles. The predicted octanol–water partition coefficient (Wildman–Crippen LogP) is -1.71. The third-order valence-electron chi connectivity index (χ3n) is 8.87. The molecule has 0 aliphatic rings. The van der Waals surface area contributed by atoms with Gasteiger partial charge in [0.1, 0.15) is 23.2 Å². The Bertz CT molecular complexity index is 2420. The third-order valence-corrected chi connectivity index (χ3v) is 8.87. The number of aromatic nitrogens is 8. The fourth-order valence-corrected chi connectivity index (χ4v) is 5.80. The van der Waals surface area contributed by atoms with Crippen LogP contribution in [0.3, 0.4) is 0 Å². The zero-order valence-electron chi connectivity index (χ0n) is 34.5. The zero-order chi connectivity index (χ0) is 45.3. The fourth-order valence-electron chi connectivity index (χ4n) is 5.80. The lowest BCUT2D eigenvalue weighted by atomic mass is 10.2. The van der Waals surface area contributed by atoms with Gasteiger partial charge in [0, 0.05) is 103 Å². The number of imidazole rings is 3. The Morgan fingerprint density at radius 2 is 1.30 bits per heavy atom. The lowest BCUT2D eigenvalue weighted by Crippen LogP contribution is -2.33. The average Bonchev–Trinajstić information content (AvgIpc) is 4.10. The van der Waals surface area contributed by atoms with Crippen LogP contribution in [0.25, 0.3) is 0 Å². The molecule has 25 heteroatoms. The number of nitrogens with two attached hydrogens (primary N) is 1. The van der Waals surface area contributed by atoms with E-state index in [-0.39, 0.29) is 105 Å². The largest absolute Gasteiger partial charge is 0.364 e. The number of hydrogen-bond acceptors (Lipinski definition) is 12. The van der Waals surface area contributed by atoms with Crippen molar-refractivity contribution in [3.63, 3.8) is 0 Å². The molecule has 0 aliphatic carbocycles. The van der Waals surface area contributed by atoms with Gasteiger partial charge in [-0.05, 0) is 17.7 Å². The normalized spacial score (nSPS) is 10.7. The van der Waals surface area contributed by atoms with E-state index in [0.717, 1.165) is 0 Å². The molecule has 0 saturated carbocycles. The molecule has 0 atom stereocenters. The highest BCUT2D eigenvalue weighted by Crippen LogP contribution is 2.14. The Hall–Kier alpha value is -8.09. The van der Waals surface area contributed by atoms with Crippen molar-refractivity contribution in [2.75, 3.05) is 48.7 Å². The van der Waals surface area contributed by atoms with E-state index in [9.17, 15) is 38.4 Å². The van der Waals surface area contributed by atoms with E-state index in [1.54, 1.807) is 43.3 Å². The first kappa shape index (κ1) is 46.0. The summed E-state index contributed by atoms with van der Waals surface area (Å²) in [6.07, 6.45) is 8.91. The van der Waals surface area contributed by atoms with Crippen molar-refractivity contribution in [2.45, 2.75) is 38.6 Å². The summed E-state index contributed by atoms with van der Waals surface area (Å²) in [6.45, 7) is 1.01. The lowest BCUT2D eigenvalue weighted by Gasteiger charge is -2.06. The Labute approximate surface area is 358 Å². The molecule has 63 heavy (non-hydrogen) atoms. The van der Waals surface area contributed by atoms with Gasteiger partial charge < -0.3 is 72.4 Å². The highest BCUT2D eigenvalue weighted by atomic mass is 16.2. The molecule has 0 spiro atoms. The smallest absolute Gasteiger partial charge is 0.291 e. The minimum atomic E-state index is -0.548. The number of amides is 8. The second-order valence-electron chi connectivity index (χ2n) is 13.9. The molecule has 0 radical (unpaired) electrons. The number of nitrogens with one attached hydrogen (secondary N) is 11. The molecule has 334 valence electrons. The summed E-state index contributed by atoms with van der Waals surface area (Å²) < 4.78 is 3.10. The second kappa shape index (κ2) is 22.5. The van der Waals surface area contributed by atoms with E-state index in [2.05, 4.69) is 72.4 Å². The van der Waals surface area contributed by atoms with Crippen molar-refractivity contribution in [3.8, 4) is 0 Å². The van der Waals surface area contributed by atoms with E-state index in [1.165, 1.54) is 29.2 Å². The van der Waals surface area contributed by atoms with Crippen LogP contribution in [0.1, 0.15) is 68.1 Å². The molecule has 5 heterocycles. The summed E-state index contributed by atoms with van der Waals surface area (Å²) in [6, 6.07) is 3.21. The number of rotatable bonds is 23. The number of carbonyl (C=O) groups is 8. The van der Waals surface area contributed by atoms with Crippen LogP contribution in [0.2, 0.25) is 0 Å². The molecule has 0 aliphatic heterocycles. The van der Waals surface area contributed by atoms with Crippen molar-refractivity contribution in [2.24, 2.45) is 19.8 Å². The molecular formula is C38H49N17O8. The lowest BCUT2D eigenvalue weighted by molar-refractivity contribution is -0.123. The Morgan fingerprint density at radius 3 is 2.00 bits per heavy atom. The maximum absolute atomic E-state index is 12.7. The summed E-state index contributed by atoms with van der Waals surface area (Å²) in [4.78, 5) is 120. The van der Waals surface area contributed by atoms with Crippen LogP contribution in [-0.2, 0) is 57.5 Å². The van der Waals surface area contributed by atoms with Gasteiger partial charge in [-0.25, -0.2) is 15.0 Å². The summed E-state index contributed by atoms with van der Waals surface area (Å²) in [5, 5.41) is 21.2. The topological polar surface area (TPSA) is 355 Å². The number of hydrogen-bond donors (Lipinski definition) is 12. The summed E-state index contributed by atoms with van der Waals surface area (Å²) in [5.74, 6) is -2.27. The maximum Gasteiger partial charge on any atom is 0.291 e. The third kappa shape index (κ3) is 14.6. The summed E-state index contributed by atoms with van der Waals surface area (Å²) in [5.41, 5.74) is 7.24. The van der Waals surface area contributed by atoms with E-state index >= 15 is 0 Å². The van der Waals surface area contributed by atoms with Gasteiger partial charge >= 0.3 is 0 Å². The van der Waals surface area contributed by atoms with Gasteiger partial charge in [-0.2, -0.15) is 0 Å². The van der Waals surface area contributed by atoms with Crippen LogP contribution in [0.5, 0.6) is 0 Å². The van der Waals surface area contributed by atoms with Gasteiger partial charge in [-0.1, -0.05) is 0 Å². The number of aromatic amines is 3. The monoisotopic (exact) mass is 871 g/mol. The van der Waals surface area contributed by atoms with Crippen LogP contribution < -0.4 is 48.3 Å². The standard InChI is InChI=1S/C38H49N17O8/c1-54-12-11-43-35(54)38(63)49-24-14-25(55(2)21-24)36(61)44-9-5-31(58)52-28-20-47-34(53-28)37(62)48-18-22-13-23(45-17-22)15-32(59)40-8-4-30(57)51-27-19-46-26(50-27)16-33(60)41-7-3-29(56)42-10-6-39/h11-14,17,19-21,45H,3-10,15-16,18,39H2,1-2H3,(H,40,59)(H,41,60)(H,42,56)(H,44,61)(H,46,50)(H,47,53)(H,48,62)(H,49,63)(H,51,57)(H,52,58). The minimum Gasteiger partial charge on any atom is -0.364 e. The van der Waals surface area contributed by atoms with Gasteiger partial charge in [0.05, 0.1) is 30.9 Å². The van der Waals surface area contributed by atoms with Crippen LogP contribution in [0.15, 0.2) is 49.3 Å². The maximum atomic E-state index is 12.7. The molecular weight excluding hydrogens is 823 g/mol. The first-order chi connectivity index (χ1) is 30.3. The molecule has 0 unspecified atom stereocenters. The van der Waals surface area contributed by atoms with Crippen LogP contribution in [-0.4, -0.2) is 119 Å². The van der Waals surface area contributed by atoms with Gasteiger partial charge in [-0.3, -0.25) is 38.4 Å². The SMILES string of the molecule is Cn1cc(NC(=O)c2nccn2C)cc1C(=O)NCCC(=O)Nc1cnc(C(=O)NCc2c[nH]c(CC(=O)NCCC(=O)Nc3cnc(CC(=O)NCCC(=O)NCCN)[nH]3)c2)[nH]1. The molecule has 0 fully saturated rings. The Kier molecular flexibility index (Phi) is 16.4. The highest BCUT2D eigenvalue weighted by Gasteiger charge is 2.18. The Balaban J connectivity index is 0.932. The van der Waals surface area contributed by atoms with Gasteiger partial charge in [0.15, 0.2) is 11.6 Å². The molecule has 8 amide bonds. The average molecular weight is 872 g/mol. The van der Waals surface area contributed by atoms with Gasteiger partial charge in [0.2, 0.25) is 29.5 Å². The number of H-pyrrole nitrogens is 3. The van der Waals surface area contributed by atoms with Crippen molar-refractivity contribution in [3.05, 3.63) is 83.7 Å². The quantitative estimate of drug-likeness (QED) is 0.0349. The first-order valence-corrected chi connectivity index (χ1v) is 19.6. The van der Waals surface area contributed by atoms with Crippen molar-refractivity contribution < 1.29 is 38.4 Å². The molecule has 0 aromatic carbocycles. The minimum absolute atomic E-state index is 0.00528. The van der Waals surface area contributed by atoms with Crippen molar-refractivity contribution in [1.29, 1.82) is 0 Å². The number of nitrogens with zero attached hydrogens (tertiary/aromatic N) is 5. The fraction of sp³-hybridized carbons (Fsp3) is 0.342. The molecule has 5 aromatic rings. The number of aryl methyl sites for hydroxylation is 2. The highest BCUT2D eigenvalue weighted by molar-refractivity contribution is 6.03. The number of carbonyl (C=O) groups excluding carboxylic acids is 8. The van der Waals surface area contributed by atoms with Gasteiger partial charge in [0.25, 0.3) is 17.7 Å². The van der Waals surface area contributed by atoms with Crippen LogP contribution >= 0.6 is 0 Å². The zero-order valence-corrected chi connectivity index (χ0v) is 34.5. The molecule has 5 rings (SSSR count). The molecule has 0 saturated heterocycles. The summed E-state index contributed by atoms with van der Waals surface area (Å²) in [7, 11) is 3.33. The predicted molar refractivity (Wildman–Crippen MR) is 225 cm³/mol. The van der Waals surface area contributed by atoms with Crippen molar-refractivity contribution >= 4 is 64.6 Å². The summed E-state index contributed by atoms with van der Waals surface area (Å²) >= 11 is 0. The molecule has 25 nitrogen and oxygen atoms in total. The van der Waals surface area contributed by atoms with E-state index in [0.29, 0.717) is 35.9 Å². The van der Waals surface area contributed by atoms with E-state index in [4.69, 9.17) is 5.73 Å². The van der Waals surface area contributed by atoms with E-state index < -0.39 is 29.5 Å². The number of anilines is 3.